The number of amides is 3. The summed E-state index contributed by atoms with van der Waals surface area (Å²) < 4.78 is 40.7. The number of carbonyl (C=O) groups is 2. The van der Waals surface area contributed by atoms with Gasteiger partial charge in [-0.1, -0.05) is 18.2 Å². The second kappa shape index (κ2) is 8.85. The number of urea groups is 1. The number of benzene rings is 2. The lowest BCUT2D eigenvalue weighted by Gasteiger charge is -2.16. The van der Waals surface area contributed by atoms with Gasteiger partial charge < -0.3 is 20.3 Å². The summed E-state index contributed by atoms with van der Waals surface area (Å²) in [5.74, 6) is -0.460. The Hall–Kier alpha value is -3.23. The molecule has 3 rings (SSSR count). The van der Waals surface area contributed by atoms with Gasteiger partial charge in [0.15, 0.2) is 0 Å². The summed E-state index contributed by atoms with van der Waals surface area (Å²) in [7, 11) is 0. The van der Waals surface area contributed by atoms with Gasteiger partial charge in [-0.15, -0.1) is 13.2 Å². The molecule has 6 nitrogen and oxygen atoms in total. The van der Waals surface area contributed by atoms with Crippen LogP contribution in [0.3, 0.4) is 0 Å². The van der Waals surface area contributed by atoms with Gasteiger partial charge in [0.05, 0.1) is 0 Å². The van der Waals surface area contributed by atoms with Crippen LogP contribution in [0.25, 0.3) is 0 Å². The summed E-state index contributed by atoms with van der Waals surface area (Å²) in [6.07, 6.45) is -2.80. The van der Waals surface area contributed by atoms with E-state index in [2.05, 4.69) is 15.4 Å². The highest BCUT2D eigenvalue weighted by molar-refractivity contribution is 5.94. The van der Waals surface area contributed by atoms with E-state index in [9.17, 15) is 22.8 Å². The van der Waals surface area contributed by atoms with Gasteiger partial charge in [0, 0.05) is 37.0 Å². The maximum absolute atomic E-state index is 12.4. The monoisotopic (exact) mass is 407 g/mol. The van der Waals surface area contributed by atoms with E-state index < -0.39 is 18.1 Å². The molecule has 3 amide bonds. The molecule has 2 N–H and O–H groups in total. The van der Waals surface area contributed by atoms with Crippen LogP contribution in [-0.2, 0) is 6.54 Å². The van der Waals surface area contributed by atoms with Crippen molar-refractivity contribution in [2.45, 2.75) is 25.7 Å². The molecule has 0 aliphatic carbocycles. The number of carbonyl (C=O) groups excluding carboxylic acids is 2. The lowest BCUT2D eigenvalue weighted by atomic mass is 10.1. The molecule has 1 fully saturated rings. The van der Waals surface area contributed by atoms with Gasteiger partial charge in [-0.2, -0.15) is 0 Å². The predicted octanol–water partition coefficient (Wildman–Crippen LogP) is 4.14. The van der Waals surface area contributed by atoms with E-state index >= 15 is 0 Å². The molecule has 0 atom stereocenters. The minimum atomic E-state index is -4.81. The fourth-order valence-electron chi connectivity index (χ4n) is 3.05. The normalized spacial score (nSPS) is 13.8. The van der Waals surface area contributed by atoms with E-state index in [-0.39, 0.29) is 18.1 Å². The van der Waals surface area contributed by atoms with Crippen molar-refractivity contribution in [3.63, 3.8) is 0 Å². The van der Waals surface area contributed by atoms with Gasteiger partial charge in [-0.25, -0.2) is 4.79 Å². The number of anilines is 1. The van der Waals surface area contributed by atoms with Crippen LogP contribution in [0.5, 0.6) is 5.75 Å². The third kappa shape index (κ3) is 6.13. The molecule has 0 aromatic heterocycles. The van der Waals surface area contributed by atoms with Crippen LogP contribution in [0.4, 0.5) is 23.7 Å². The molecule has 1 aliphatic rings. The highest BCUT2D eigenvalue weighted by atomic mass is 19.4. The molecule has 0 radical (unpaired) electrons. The highest BCUT2D eigenvalue weighted by Gasteiger charge is 2.31. The molecule has 2 aromatic carbocycles. The first-order chi connectivity index (χ1) is 13.8. The van der Waals surface area contributed by atoms with Gasteiger partial charge in [-0.05, 0) is 42.7 Å². The van der Waals surface area contributed by atoms with Gasteiger partial charge in [0.25, 0.3) is 5.91 Å². The van der Waals surface area contributed by atoms with E-state index in [0.29, 0.717) is 5.56 Å². The molecule has 0 saturated carbocycles. The Labute approximate surface area is 165 Å². The van der Waals surface area contributed by atoms with Crippen molar-refractivity contribution in [1.29, 1.82) is 0 Å². The Morgan fingerprint density at radius 1 is 1.03 bits per heavy atom. The average molecular weight is 407 g/mol. The van der Waals surface area contributed by atoms with Crippen LogP contribution >= 0.6 is 0 Å². The van der Waals surface area contributed by atoms with E-state index in [1.165, 1.54) is 12.1 Å². The summed E-state index contributed by atoms with van der Waals surface area (Å²) in [4.78, 5) is 26.3. The Kier molecular flexibility index (Phi) is 6.26. The second-order valence-corrected chi connectivity index (χ2v) is 6.58. The van der Waals surface area contributed by atoms with Crippen molar-refractivity contribution in [3.05, 3.63) is 59.7 Å². The smallest absolute Gasteiger partial charge is 0.406 e. The Morgan fingerprint density at radius 3 is 2.48 bits per heavy atom. The zero-order valence-corrected chi connectivity index (χ0v) is 15.5. The van der Waals surface area contributed by atoms with Crippen LogP contribution in [0, 0.1) is 0 Å². The first kappa shape index (κ1) is 20.5. The maximum Gasteiger partial charge on any atom is 0.573 e. The number of nitrogens with one attached hydrogen (secondary N) is 2. The standard InChI is InChI=1S/C20H20F3N3O3/c21-20(22,23)29-17-8-4-7-16(12-17)25-19(28)24-13-14-5-3-6-15(11-14)18(27)26-9-1-2-10-26/h3-8,11-12H,1-2,9-10,13H2,(H2,24,25,28). The number of nitrogens with zero attached hydrogens (tertiary/aromatic N) is 1. The molecule has 2 aromatic rings. The maximum atomic E-state index is 12.4. The van der Waals surface area contributed by atoms with Crippen LogP contribution in [0.1, 0.15) is 28.8 Å². The van der Waals surface area contributed by atoms with Gasteiger partial charge >= 0.3 is 12.4 Å². The number of halogens is 3. The highest BCUT2D eigenvalue weighted by Crippen LogP contribution is 2.25. The fraction of sp³-hybridized carbons (Fsp3) is 0.300. The van der Waals surface area contributed by atoms with Crippen molar-refractivity contribution >= 4 is 17.6 Å². The number of rotatable bonds is 5. The largest absolute Gasteiger partial charge is 0.573 e. The summed E-state index contributed by atoms with van der Waals surface area (Å²) >= 11 is 0. The van der Waals surface area contributed by atoms with Gasteiger partial charge in [-0.3, -0.25) is 4.79 Å². The molecule has 0 spiro atoms. The van der Waals surface area contributed by atoms with Crippen molar-refractivity contribution in [1.82, 2.24) is 10.2 Å². The molecule has 0 unspecified atom stereocenters. The van der Waals surface area contributed by atoms with Crippen LogP contribution in [0.15, 0.2) is 48.5 Å². The van der Waals surface area contributed by atoms with E-state index in [1.54, 1.807) is 29.2 Å². The number of ether oxygens (including phenoxy) is 1. The van der Waals surface area contributed by atoms with Crippen LogP contribution < -0.4 is 15.4 Å². The fourth-order valence-corrected chi connectivity index (χ4v) is 3.05. The second-order valence-electron chi connectivity index (χ2n) is 6.58. The third-order valence-corrected chi connectivity index (χ3v) is 4.35. The molecular weight excluding hydrogens is 387 g/mol. The summed E-state index contributed by atoms with van der Waals surface area (Å²) in [5, 5.41) is 5.06. The van der Waals surface area contributed by atoms with E-state index in [1.807, 2.05) is 0 Å². The summed E-state index contributed by atoms with van der Waals surface area (Å²) in [5.41, 5.74) is 1.45. The molecule has 9 heteroatoms. The number of likely N-dealkylation sites (tertiary alicyclic amines) is 1. The van der Waals surface area contributed by atoms with Gasteiger partial charge in [0.2, 0.25) is 0 Å². The first-order valence-electron chi connectivity index (χ1n) is 9.09. The molecule has 1 aliphatic heterocycles. The molecule has 0 bridgehead atoms. The Balaban J connectivity index is 1.55. The lowest BCUT2D eigenvalue weighted by Crippen LogP contribution is -2.29. The zero-order valence-electron chi connectivity index (χ0n) is 15.5. The molecular formula is C20H20F3N3O3. The summed E-state index contributed by atoms with van der Waals surface area (Å²) in [6, 6.07) is 11.4. The third-order valence-electron chi connectivity index (χ3n) is 4.35. The Morgan fingerprint density at radius 2 is 1.76 bits per heavy atom. The van der Waals surface area contributed by atoms with Crippen molar-refractivity contribution in [3.8, 4) is 5.75 Å². The van der Waals surface area contributed by atoms with Crippen molar-refractivity contribution < 1.29 is 27.5 Å². The van der Waals surface area contributed by atoms with Crippen LogP contribution in [-0.4, -0.2) is 36.3 Å². The van der Waals surface area contributed by atoms with Gasteiger partial charge in [0.1, 0.15) is 5.75 Å². The number of hydrogen-bond donors (Lipinski definition) is 2. The topological polar surface area (TPSA) is 70.7 Å². The van der Waals surface area contributed by atoms with Crippen LogP contribution in [0.2, 0.25) is 0 Å². The SMILES string of the molecule is O=C(NCc1cccc(C(=O)N2CCCC2)c1)Nc1cccc(OC(F)(F)F)c1. The lowest BCUT2D eigenvalue weighted by molar-refractivity contribution is -0.274. The first-order valence-corrected chi connectivity index (χ1v) is 9.09. The zero-order chi connectivity index (χ0) is 20.9. The molecule has 1 heterocycles. The van der Waals surface area contributed by atoms with E-state index in [4.69, 9.17) is 0 Å². The number of hydrogen-bond acceptors (Lipinski definition) is 3. The minimum Gasteiger partial charge on any atom is -0.406 e. The minimum absolute atomic E-state index is 0.0321. The van der Waals surface area contributed by atoms with Crippen molar-refractivity contribution in [2.75, 3.05) is 18.4 Å². The molecule has 1 saturated heterocycles. The van der Waals surface area contributed by atoms with E-state index in [0.717, 1.165) is 43.6 Å². The molecule has 154 valence electrons. The average Bonchev–Trinajstić information content (AvgIpc) is 3.20. The Bertz CT molecular complexity index is 881. The number of alkyl halides is 3. The quantitative estimate of drug-likeness (QED) is 0.783. The predicted molar refractivity (Wildman–Crippen MR) is 101 cm³/mol. The van der Waals surface area contributed by atoms with Crippen molar-refractivity contribution in [2.24, 2.45) is 0 Å². The molecule has 29 heavy (non-hydrogen) atoms. The summed E-state index contributed by atoms with van der Waals surface area (Å²) in [6.45, 7) is 1.66.